The molecule has 0 spiro atoms. The topological polar surface area (TPSA) is 78.3 Å². The number of aromatic nitrogens is 3. The molecule has 4 heterocycles. The van der Waals surface area contributed by atoms with Gasteiger partial charge in [-0.05, 0) is 18.2 Å². The minimum absolute atomic E-state index is 0.157. The summed E-state index contributed by atoms with van der Waals surface area (Å²) in [5.74, 6) is 0.357. The molecule has 0 aromatic carbocycles. The van der Waals surface area contributed by atoms with E-state index in [9.17, 15) is 4.79 Å². The number of methoxy groups -OCH3 is 1. The van der Waals surface area contributed by atoms with Gasteiger partial charge < -0.3 is 19.4 Å². The minimum Gasteiger partial charge on any atom is -0.378 e. The van der Waals surface area contributed by atoms with Crippen molar-refractivity contribution < 1.29 is 14.3 Å². The first-order valence-electron chi connectivity index (χ1n) is 8.96. The Morgan fingerprint density at radius 1 is 1.39 bits per heavy atom. The number of nitrogens with zero attached hydrogens (tertiary/aromatic N) is 3. The molecule has 3 aromatic rings. The molecule has 7 nitrogen and oxygen atoms in total. The van der Waals surface area contributed by atoms with Gasteiger partial charge in [0, 0.05) is 55.7 Å². The molecule has 1 aliphatic rings. The predicted octanol–water partition coefficient (Wildman–Crippen LogP) is 3.62. The van der Waals surface area contributed by atoms with E-state index in [1.165, 1.54) is 6.92 Å². The average Bonchev–Trinajstić information content (AvgIpc) is 3.26. The summed E-state index contributed by atoms with van der Waals surface area (Å²) in [5.41, 5.74) is 3.03. The zero-order valence-corrected chi connectivity index (χ0v) is 17.5. The third-order valence-corrected chi connectivity index (χ3v) is 5.55. The fourth-order valence-corrected chi connectivity index (χ4v) is 4.05. The van der Waals surface area contributed by atoms with Crippen LogP contribution >= 0.6 is 15.9 Å². The quantitative estimate of drug-likeness (QED) is 0.664. The lowest BCUT2D eigenvalue weighted by molar-refractivity contribution is -0.114. The van der Waals surface area contributed by atoms with Crippen molar-refractivity contribution in [1.82, 2.24) is 14.5 Å². The summed E-state index contributed by atoms with van der Waals surface area (Å²) in [4.78, 5) is 20.7. The normalized spacial score (nSPS) is 19.3. The van der Waals surface area contributed by atoms with Gasteiger partial charge in [0.1, 0.15) is 11.4 Å². The van der Waals surface area contributed by atoms with E-state index in [0.717, 1.165) is 38.7 Å². The van der Waals surface area contributed by atoms with Gasteiger partial charge in [-0.15, -0.1) is 0 Å². The lowest BCUT2D eigenvalue weighted by Crippen LogP contribution is -2.30. The number of nitrogens with one attached hydrogen (secondary N) is 1. The van der Waals surface area contributed by atoms with E-state index < -0.39 is 5.60 Å². The Hall–Kier alpha value is -2.29. The van der Waals surface area contributed by atoms with Gasteiger partial charge >= 0.3 is 0 Å². The molecule has 1 fully saturated rings. The van der Waals surface area contributed by atoms with Crippen LogP contribution < -0.4 is 5.32 Å². The van der Waals surface area contributed by atoms with Crippen LogP contribution in [0, 0.1) is 0 Å². The first-order valence-corrected chi connectivity index (χ1v) is 9.75. The summed E-state index contributed by atoms with van der Waals surface area (Å²) >= 11 is 3.62. The Morgan fingerprint density at radius 3 is 2.89 bits per heavy atom. The Kier molecular flexibility index (Phi) is 4.95. The number of hydrogen-bond acceptors (Lipinski definition) is 5. The standard InChI is InChI=1S/C20H21BrN4O3/c1-12(26)23-19-8-14-15(10-25(2)17(14)9-22-19)16-6-13(21)7-18(24-16)20(27-3)4-5-28-11-20/h6-10H,4-5,11H2,1-3H3,(H,22,23,26). The number of amides is 1. The van der Waals surface area contributed by atoms with Gasteiger partial charge in [-0.25, -0.2) is 9.97 Å². The van der Waals surface area contributed by atoms with Gasteiger partial charge in [0.15, 0.2) is 0 Å². The first-order chi connectivity index (χ1) is 13.4. The predicted molar refractivity (Wildman–Crippen MR) is 110 cm³/mol. The average molecular weight is 445 g/mol. The number of rotatable bonds is 4. The monoisotopic (exact) mass is 444 g/mol. The largest absolute Gasteiger partial charge is 0.378 e. The Balaban J connectivity index is 1.87. The fourth-order valence-electron chi connectivity index (χ4n) is 3.61. The molecular formula is C20H21BrN4O3. The summed E-state index contributed by atoms with van der Waals surface area (Å²) in [7, 11) is 3.66. The maximum atomic E-state index is 11.4. The molecule has 0 aliphatic carbocycles. The summed E-state index contributed by atoms with van der Waals surface area (Å²) in [5, 5.41) is 3.71. The number of carbonyl (C=O) groups is 1. The molecule has 0 radical (unpaired) electrons. The van der Waals surface area contributed by atoms with Crippen molar-refractivity contribution in [2.45, 2.75) is 18.9 Å². The molecule has 28 heavy (non-hydrogen) atoms. The van der Waals surface area contributed by atoms with E-state index in [2.05, 4.69) is 26.2 Å². The molecule has 4 rings (SSSR count). The molecule has 1 atom stereocenters. The molecule has 0 saturated carbocycles. The SMILES string of the molecule is COC1(c2cc(Br)cc(-c3cn(C)c4cnc(NC(C)=O)cc34)n2)CCOC1. The van der Waals surface area contributed by atoms with Crippen molar-refractivity contribution in [3.63, 3.8) is 0 Å². The zero-order valence-electron chi connectivity index (χ0n) is 16.0. The molecule has 0 bridgehead atoms. The first kappa shape index (κ1) is 19.0. The van der Waals surface area contributed by atoms with Crippen LogP contribution in [0.5, 0.6) is 0 Å². The smallest absolute Gasteiger partial charge is 0.222 e. The third-order valence-electron chi connectivity index (χ3n) is 5.09. The van der Waals surface area contributed by atoms with Gasteiger partial charge in [-0.1, -0.05) is 15.9 Å². The molecular weight excluding hydrogens is 424 g/mol. The van der Waals surface area contributed by atoms with E-state index in [0.29, 0.717) is 19.0 Å². The molecule has 1 amide bonds. The number of anilines is 1. The Labute approximate surface area is 171 Å². The number of hydrogen-bond donors (Lipinski definition) is 1. The van der Waals surface area contributed by atoms with E-state index >= 15 is 0 Å². The van der Waals surface area contributed by atoms with E-state index in [4.69, 9.17) is 14.5 Å². The van der Waals surface area contributed by atoms with Crippen LogP contribution in [0.2, 0.25) is 0 Å². The molecule has 8 heteroatoms. The maximum absolute atomic E-state index is 11.4. The highest BCUT2D eigenvalue weighted by Crippen LogP contribution is 2.37. The Bertz CT molecular complexity index is 1060. The lowest BCUT2D eigenvalue weighted by Gasteiger charge is -2.25. The van der Waals surface area contributed by atoms with Crippen LogP contribution in [-0.2, 0) is 26.9 Å². The van der Waals surface area contributed by atoms with Crippen LogP contribution in [0.25, 0.3) is 22.2 Å². The molecule has 1 saturated heterocycles. The van der Waals surface area contributed by atoms with Crippen molar-refractivity contribution in [1.29, 1.82) is 0 Å². The number of aryl methyl sites for hydroxylation is 1. The lowest BCUT2D eigenvalue weighted by atomic mass is 9.97. The van der Waals surface area contributed by atoms with Crippen molar-refractivity contribution >= 4 is 38.6 Å². The van der Waals surface area contributed by atoms with Gasteiger partial charge in [0.25, 0.3) is 0 Å². The number of halogens is 1. The molecule has 1 aliphatic heterocycles. The van der Waals surface area contributed by atoms with Crippen LogP contribution in [0.1, 0.15) is 19.0 Å². The maximum Gasteiger partial charge on any atom is 0.222 e. The number of pyridine rings is 2. The van der Waals surface area contributed by atoms with Gasteiger partial charge in [0.2, 0.25) is 5.91 Å². The zero-order chi connectivity index (χ0) is 19.9. The highest BCUT2D eigenvalue weighted by atomic mass is 79.9. The molecule has 146 valence electrons. The number of ether oxygens (including phenoxy) is 2. The highest BCUT2D eigenvalue weighted by molar-refractivity contribution is 9.10. The van der Waals surface area contributed by atoms with E-state index in [-0.39, 0.29) is 5.91 Å². The third kappa shape index (κ3) is 3.32. The van der Waals surface area contributed by atoms with Gasteiger partial charge in [-0.2, -0.15) is 0 Å². The fraction of sp³-hybridized carbons (Fsp3) is 0.350. The van der Waals surface area contributed by atoms with Crippen LogP contribution in [0.15, 0.2) is 35.1 Å². The van der Waals surface area contributed by atoms with Crippen molar-refractivity contribution in [2.24, 2.45) is 7.05 Å². The molecule has 3 aromatic heterocycles. The second-order valence-corrected chi connectivity index (χ2v) is 7.89. The highest BCUT2D eigenvalue weighted by Gasteiger charge is 2.38. The molecule has 1 N–H and O–H groups in total. The summed E-state index contributed by atoms with van der Waals surface area (Å²) < 4.78 is 14.3. The van der Waals surface area contributed by atoms with Crippen molar-refractivity contribution in [3.05, 3.63) is 40.8 Å². The van der Waals surface area contributed by atoms with Crippen LogP contribution in [0.4, 0.5) is 5.82 Å². The second-order valence-electron chi connectivity index (χ2n) is 6.98. The van der Waals surface area contributed by atoms with Gasteiger partial charge in [0.05, 0.1) is 29.7 Å². The summed E-state index contributed by atoms with van der Waals surface area (Å²) in [6, 6.07) is 5.84. The second kappa shape index (κ2) is 7.27. The number of carbonyl (C=O) groups excluding carboxylic acids is 1. The minimum atomic E-state index is -0.536. The summed E-state index contributed by atoms with van der Waals surface area (Å²) in [6.45, 7) is 2.60. The van der Waals surface area contributed by atoms with E-state index in [1.807, 2.05) is 36.0 Å². The van der Waals surface area contributed by atoms with Gasteiger partial charge in [-0.3, -0.25) is 4.79 Å². The summed E-state index contributed by atoms with van der Waals surface area (Å²) in [6.07, 6.45) is 4.54. The van der Waals surface area contributed by atoms with E-state index in [1.54, 1.807) is 13.3 Å². The Morgan fingerprint density at radius 2 is 2.21 bits per heavy atom. The van der Waals surface area contributed by atoms with Crippen molar-refractivity contribution in [2.75, 3.05) is 25.6 Å². The van der Waals surface area contributed by atoms with Crippen LogP contribution in [-0.4, -0.2) is 40.8 Å². The van der Waals surface area contributed by atoms with Crippen molar-refractivity contribution in [3.8, 4) is 11.3 Å². The molecule has 1 unspecified atom stereocenters. The van der Waals surface area contributed by atoms with Crippen LogP contribution in [0.3, 0.4) is 0 Å². The number of fused-ring (bicyclic) bond motifs is 1.